The first kappa shape index (κ1) is 14.8. The number of rotatable bonds is 4. The van der Waals surface area contributed by atoms with E-state index in [1.807, 2.05) is 6.20 Å². The van der Waals surface area contributed by atoms with E-state index in [1.54, 1.807) is 0 Å². The maximum absolute atomic E-state index is 4.62. The summed E-state index contributed by atoms with van der Waals surface area (Å²) in [5, 5.41) is 3.55. The second kappa shape index (κ2) is 5.80. The van der Waals surface area contributed by atoms with E-state index in [0.29, 0.717) is 6.04 Å². The molecule has 3 nitrogen and oxygen atoms in total. The van der Waals surface area contributed by atoms with Crippen LogP contribution in [0, 0.1) is 0 Å². The second-order valence-electron chi connectivity index (χ2n) is 6.44. The lowest BCUT2D eigenvalue weighted by Gasteiger charge is -2.36. The summed E-state index contributed by atoms with van der Waals surface area (Å²) in [5.41, 5.74) is 1.38. The van der Waals surface area contributed by atoms with Gasteiger partial charge < -0.3 is 10.2 Å². The summed E-state index contributed by atoms with van der Waals surface area (Å²) in [7, 11) is 2.17. The molecular weight excluding hydrogens is 302 g/mol. The molecule has 1 aliphatic rings. The van der Waals surface area contributed by atoms with Crippen molar-refractivity contribution in [2.75, 3.05) is 11.9 Å². The van der Waals surface area contributed by atoms with Gasteiger partial charge in [-0.15, -0.1) is 0 Å². The van der Waals surface area contributed by atoms with Gasteiger partial charge in [0.15, 0.2) is 0 Å². The van der Waals surface area contributed by atoms with Crippen molar-refractivity contribution in [3.05, 3.63) is 22.3 Å². The number of hydrogen-bond donors (Lipinski definition) is 1. The van der Waals surface area contributed by atoms with Crippen LogP contribution in [0.3, 0.4) is 0 Å². The molecule has 1 N–H and O–H groups in total. The minimum Gasteiger partial charge on any atom is -0.356 e. The zero-order chi connectivity index (χ0) is 14.0. The zero-order valence-corrected chi connectivity index (χ0v) is 13.9. The molecule has 1 heterocycles. The fourth-order valence-electron chi connectivity index (χ4n) is 2.23. The van der Waals surface area contributed by atoms with Gasteiger partial charge in [-0.25, -0.2) is 4.98 Å². The Kier molecular flexibility index (Phi) is 4.51. The van der Waals surface area contributed by atoms with Gasteiger partial charge in [-0.1, -0.05) is 0 Å². The molecule has 1 aliphatic carbocycles. The van der Waals surface area contributed by atoms with Crippen molar-refractivity contribution in [2.24, 2.45) is 0 Å². The van der Waals surface area contributed by atoms with Crippen LogP contribution in [0.2, 0.25) is 0 Å². The molecule has 0 bridgehead atoms. The molecule has 0 unspecified atom stereocenters. The van der Waals surface area contributed by atoms with E-state index < -0.39 is 0 Å². The van der Waals surface area contributed by atoms with Crippen LogP contribution < -0.4 is 10.2 Å². The minimum atomic E-state index is 0.120. The smallest absolute Gasteiger partial charge is 0.133 e. The molecule has 0 radical (unpaired) electrons. The molecule has 0 aliphatic heterocycles. The monoisotopic (exact) mass is 325 g/mol. The summed E-state index contributed by atoms with van der Waals surface area (Å²) in [4.78, 5) is 6.96. The molecule has 1 saturated carbocycles. The highest BCUT2D eigenvalue weighted by molar-refractivity contribution is 9.10. The Hall–Kier alpha value is -0.610. The average molecular weight is 326 g/mol. The third-order valence-corrected chi connectivity index (χ3v) is 4.11. The largest absolute Gasteiger partial charge is 0.356 e. The van der Waals surface area contributed by atoms with Crippen LogP contribution in [0.25, 0.3) is 0 Å². The molecule has 1 aromatic heterocycles. The molecule has 106 valence electrons. The van der Waals surface area contributed by atoms with Crippen LogP contribution in [-0.4, -0.2) is 23.6 Å². The standard InChI is InChI=1S/C15H24BrN3/c1-15(2,3)18-9-11-8-12(16)10-17-14(11)19(4)13-6-5-7-13/h8,10,13,18H,5-7,9H2,1-4H3. The van der Waals surface area contributed by atoms with Crippen LogP contribution in [0.5, 0.6) is 0 Å². The molecule has 19 heavy (non-hydrogen) atoms. The highest BCUT2D eigenvalue weighted by atomic mass is 79.9. The van der Waals surface area contributed by atoms with E-state index in [2.05, 4.69) is 65.0 Å². The Morgan fingerprint density at radius 2 is 2.11 bits per heavy atom. The van der Waals surface area contributed by atoms with E-state index in [9.17, 15) is 0 Å². The molecular formula is C15H24BrN3. The average Bonchev–Trinajstić information content (AvgIpc) is 2.23. The first-order valence-electron chi connectivity index (χ1n) is 6.99. The van der Waals surface area contributed by atoms with Gasteiger partial charge in [0.1, 0.15) is 5.82 Å². The van der Waals surface area contributed by atoms with Crippen molar-refractivity contribution >= 4 is 21.7 Å². The number of anilines is 1. The topological polar surface area (TPSA) is 28.2 Å². The third-order valence-electron chi connectivity index (χ3n) is 3.68. The Morgan fingerprint density at radius 3 is 2.63 bits per heavy atom. The molecule has 0 atom stereocenters. The summed E-state index contributed by atoms with van der Waals surface area (Å²) in [6, 6.07) is 2.85. The van der Waals surface area contributed by atoms with Crippen LogP contribution in [0.1, 0.15) is 45.6 Å². The van der Waals surface area contributed by atoms with Crippen LogP contribution >= 0.6 is 15.9 Å². The molecule has 4 heteroatoms. The lowest BCUT2D eigenvalue weighted by molar-refractivity contribution is 0.396. The Balaban J connectivity index is 2.17. The Bertz CT molecular complexity index is 436. The summed E-state index contributed by atoms with van der Waals surface area (Å²) < 4.78 is 1.05. The molecule has 0 saturated heterocycles. The number of aromatic nitrogens is 1. The number of nitrogens with one attached hydrogen (secondary N) is 1. The summed E-state index contributed by atoms with van der Waals surface area (Å²) in [6.45, 7) is 7.41. The van der Waals surface area contributed by atoms with E-state index >= 15 is 0 Å². The van der Waals surface area contributed by atoms with Gasteiger partial charge in [-0.3, -0.25) is 0 Å². The van der Waals surface area contributed by atoms with Gasteiger partial charge in [0, 0.05) is 41.4 Å². The molecule has 0 amide bonds. The van der Waals surface area contributed by atoms with Gasteiger partial charge in [0.25, 0.3) is 0 Å². The normalized spacial score (nSPS) is 16.3. The predicted molar refractivity (Wildman–Crippen MR) is 84.6 cm³/mol. The third kappa shape index (κ3) is 3.93. The van der Waals surface area contributed by atoms with E-state index in [4.69, 9.17) is 0 Å². The van der Waals surface area contributed by atoms with Gasteiger partial charge in [-0.2, -0.15) is 0 Å². The first-order valence-corrected chi connectivity index (χ1v) is 7.78. The van der Waals surface area contributed by atoms with Crippen molar-refractivity contribution in [1.82, 2.24) is 10.3 Å². The van der Waals surface area contributed by atoms with Crippen molar-refractivity contribution in [1.29, 1.82) is 0 Å². The Morgan fingerprint density at radius 1 is 1.42 bits per heavy atom. The van der Waals surface area contributed by atoms with E-state index in [0.717, 1.165) is 16.8 Å². The van der Waals surface area contributed by atoms with Crippen molar-refractivity contribution in [2.45, 2.75) is 58.2 Å². The highest BCUT2D eigenvalue weighted by Crippen LogP contribution is 2.30. The van der Waals surface area contributed by atoms with Gasteiger partial charge in [-0.05, 0) is 62.0 Å². The molecule has 0 aromatic carbocycles. The lowest BCUT2D eigenvalue weighted by Crippen LogP contribution is -2.39. The lowest BCUT2D eigenvalue weighted by atomic mass is 9.91. The number of halogens is 1. The zero-order valence-electron chi connectivity index (χ0n) is 12.3. The first-order chi connectivity index (χ1) is 8.87. The molecule has 1 aromatic rings. The molecule has 0 spiro atoms. The fourth-order valence-corrected chi connectivity index (χ4v) is 2.61. The maximum atomic E-state index is 4.62. The predicted octanol–water partition coefficient (Wildman–Crippen LogP) is 3.72. The van der Waals surface area contributed by atoms with Crippen LogP contribution in [-0.2, 0) is 6.54 Å². The van der Waals surface area contributed by atoms with Crippen LogP contribution in [0.4, 0.5) is 5.82 Å². The van der Waals surface area contributed by atoms with Crippen molar-refractivity contribution in [3.63, 3.8) is 0 Å². The maximum Gasteiger partial charge on any atom is 0.133 e. The summed E-state index contributed by atoms with van der Waals surface area (Å²) >= 11 is 3.53. The molecule has 1 fully saturated rings. The number of hydrogen-bond acceptors (Lipinski definition) is 3. The van der Waals surface area contributed by atoms with Crippen molar-refractivity contribution in [3.8, 4) is 0 Å². The van der Waals surface area contributed by atoms with Gasteiger partial charge in [0.05, 0.1) is 0 Å². The minimum absolute atomic E-state index is 0.120. The Labute approximate surface area is 124 Å². The van der Waals surface area contributed by atoms with E-state index in [-0.39, 0.29) is 5.54 Å². The highest BCUT2D eigenvalue weighted by Gasteiger charge is 2.25. The van der Waals surface area contributed by atoms with Gasteiger partial charge in [0.2, 0.25) is 0 Å². The SMILES string of the molecule is CN(c1ncc(Br)cc1CNC(C)(C)C)C1CCC1. The number of nitrogens with zero attached hydrogens (tertiary/aromatic N) is 2. The summed E-state index contributed by atoms with van der Waals surface area (Å²) in [6.07, 6.45) is 5.83. The van der Waals surface area contributed by atoms with Crippen molar-refractivity contribution < 1.29 is 0 Å². The fraction of sp³-hybridized carbons (Fsp3) is 0.667. The molecule has 2 rings (SSSR count). The summed E-state index contributed by atoms with van der Waals surface area (Å²) in [5.74, 6) is 1.12. The van der Waals surface area contributed by atoms with Gasteiger partial charge >= 0.3 is 0 Å². The number of pyridine rings is 1. The van der Waals surface area contributed by atoms with Crippen LogP contribution in [0.15, 0.2) is 16.7 Å². The van der Waals surface area contributed by atoms with E-state index in [1.165, 1.54) is 24.8 Å². The quantitative estimate of drug-likeness (QED) is 0.914. The second-order valence-corrected chi connectivity index (χ2v) is 7.35.